The van der Waals surface area contributed by atoms with Gasteiger partial charge in [0.05, 0.1) is 12.7 Å². The Kier molecular flexibility index (Phi) is 6.90. The number of rotatable bonds is 2. The fourth-order valence-electron chi connectivity index (χ4n) is 6.23. The largest absolute Gasteiger partial charge is 0.492 e. The molecular weight excluding hydrogens is 454 g/mol. The number of carbonyl (C=O) groups excluding carboxylic acids is 1. The number of carbonyl (C=O) groups is 1. The van der Waals surface area contributed by atoms with Gasteiger partial charge in [-0.1, -0.05) is 31.4 Å². The fraction of sp³-hybridized carbons (Fsp3) is 0.720. The summed E-state index contributed by atoms with van der Waals surface area (Å²) in [5, 5.41) is 13.6. The second-order valence-electron chi connectivity index (χ2n) is 10.6. The normalized spacial score (nSPS) is 30.6. The maximum Gasteiger partial charge on any atom is 0.247 e. The zero-order valence-corrected chi connectivity index (χ0v) is 20.6. The van der Waals surface area contributed by atoms with Crippen LogP contribution in [0.15, 0.2) is 29.2 Å². The van der Waals surface area contributed by atoms with Gasteiger partial charge in [-0.05, 0) is 43.7 Å². The topological polar surface area (TPSA) is 99.2 Å². The first-order valence-electron chi connectivity index (χ1n) is 12.8. The van der Waals surface area contributed by atoms with Gasteiger partial charge in [-0.3, -0.25) is 4.79 Å². The van der Waals surface area contributed by atoms with E-state index in [1.807, 2.05) is 0 Å². The molecule has 0 aromatic heterocycles. The van der Waals surface area contributed by atoms with Gasteiger partial charge in [0.1, 0.15) is 16.7 Å². The van der Waals surface area contributed by atoms with Gasteiger partial charge in [-0.2, -0.15) is 4.31 Å². The first-order chi connectivity index (χ1) is 16.4. The number of nitrogens with one attached hydrogen (secondary N) is 1. The number of hydrogen-bond acceptors (Lipinski definition) is 6. The lowest BCUT2D eigenvalue weighted by atomic mass is 9.83. The molecular formula is C25H37N3O5S. The van der Waals surface area contributed by atoms with Crippen molar-refractivity contribution < 1.29 is 23.1 Å². The van der Waals surface area contributed by atoms with Gasteiger partial charge in [0.2, 0.25) is 15.9 Å². The van der Waals surface area contributed by atoms with Gasteiger partial charge in [-0.15, -0.1) is 0 Å². The van der Waals surface area contributed by atoms with Crippen LogP contribution in [0.2, 0.25) is 0 Å². The number of likely N-dealkylation sites (tertiary alicyclic amines) is 1. The second kappa shape index (κ2) is 9.76. The molecule has 3 fully saturated rings. The molecule has 1 amide bonds. The van der Waals surface area contributed by atoms with E-state index in [-0.39, 0.29) is 23.8 Å². The predicted octanol–water partition coefficient (Wildman–Crippen LogP) is 2.12. The Morgan fingerprint density at radius 2 is 1.82 bits per heavy atom. The van der Waals surface area contributed by atoms with Crippen molar-refractivity contribution in [2.24, 2.45) is 5.92 Å². The molecule has 3 heterocycles. The molecule has 9 heteroatoms. The van der Waals surface area contributed by atoms with Crippen molar-refractivity contribution >= 4 is 15.9 Å². The van der Waals surface area contributed by atoms with Crippen molar-refractivity contribution in [3.63, 3.8) is 0 Å². The Morgan fingerprint density at radius 1 is 1.09 bits per heavy atom. The van der Waals surface area contributed by atoms with Gasteiger partial charge in [0.25, 0.3) is 0 Å². The number of piperidine rings is 1. The summed E-state index contributed by atoms with van der Waals surface area (Å²) in [6.45, 7) is 3.22. The lowest BCUT2D eigenvalue weighted by molar-refractivity contribution is -0.127. The molecule has 0 bridgehead atoms. The van der Waals surface area contributed by atoms with Gasteiger partial charge < -0.3 is 20.1 Å². The van der Waals surface area contributed by atoms with E-state index < -0.39 is 27.7 Å². The third-order valence-electron chi connectivity index (χ3n) is 8.25. The van der Waals surface area contributed by atoms with Crippen LogP contribution >= 0.6 is 0 Å². The van der Waals surface area contributed by atoms with E-state index in [9.17, 15) is 18.3 Å². The first kappa shape index (κ1) is 24.0. The third-order valence-corrected chi connectivity index (χ3v) is 10.2. The molecule has 1 aromatic rings. The second-order valence-corrected chi connectivity index (χ2v) is 12.5. The number of amides is 1. The highest BCUT2D eigenvalue weighted by Crippen LogP contribution is 2.35. The zero-order chi connectivity index (χ0) is 23.8. The summed E-state index contributed by atoms with van der Waals surface area (Å²) in [7, 11) is -3.99. The van der Waals surface area contributed by atoms with Crippen molar-refractivity contribution in [1.29, 1.82) is 0 Å². The molecule has 1 spiro atoms. The standard InChI is InChI=1S/C25H37N3O5S/c29-20-16-21-24(30)26-25(10-13-27(14-11-25)17-19-6-2-1-3-7-19)12-15-33-22-8-4-5-9-23(22)34(31,32)28(21)18-20/h4-5,8-9,19-21,29H,1-3,6-7,10-18H2,(H,26,30)/t20-,21+/m1/s1. The molecule has 34 heavy (non-hydrogen) atoms. The number of sulfonamides is 1. The SMILES string of the molecule is O=C1NC2(CCOc3ccccc3S(=O)(=O)N3C[C@H](O)C[C@@H]13)CCN(CC1CCCCC1)CC2. The van der Waals surface area contributed by atoms with Crippen molar-refractivity contribution in [2.45, 2.75) is 80.4 Å². The number of ether oxygens (including phenoxy) is 1. The van der Waals surface area contributed by atoms with Crippen LogP contribution in [0, 0.1) is 5.92 Å². The van der Waals surface area contributed by atoms with Gasteiger partial charge >= 0.3 is 0 Å². The van der Waals surface area contributed by atoms with Crippen molar-refractivity contribution in [3.8, 4) is 5.75 Å². The van der Waals surface area contributed by atoms with E-state index >= 15 is 0 Å². The third kappa shape index (κ3) is 4.85. The van der Waals surface area contributed by atoms with Crippen LogP contribution in [-0.2, 0) is 14.8 Å². The summed E-state index contributed by atoms with van der Waals surface area (Å²) >= 11 is 0. The van der Waals surface area contributed by atoms with Crippen LogP contribution < -0.4 is 10.1 Å². The molecule has 4 aliphatic rings. The highest BCUT2D eigenvalue weighted by molar-refractivity contribution is 7.89. The van der Waals surface area contributed by atoms with E-state index in [0.717, 1.165) is 42.7 Å². The highest BCUT2D eigenvalue weighted by Gasteiger charge is 2.47. The summed E-state index contributed by atoms with van der Waals surface area (Å²) in [5.41, 5.74) is -0.428. The average molecular weight is 492 g/mol. The Bertz CT molecular complexity index is 986. The minimum Gasteiger partial charge on any atom is -0.492 e. The van der Waals surface area contributed by atoms with Crippen molar-refractivity contribution in [2.75, 3.05) is 32.8 Å². The van der Waals surface area contributed by atoms with Gasteiger partial charge in [0, 0.05) is 44.6 Å². The van der Waals surface area contributed by atoms with Gasteiger partial charge in [-0.25, -0.2) is 8.42 Å². The lowest BCUT2D eigenvalue weighted by Gasteiger charge is -2.44. The van der Waals surface area contributed by atoms with Crippen molar-refractivity contribution in [1.82, 2.24) is 14.5 Å². The van der Waals surface area contributed by atoms with Crippen LogP contribution in [0.3, 0.4) is 0 Å². The number of hydrogen-bond donors (Lipinski definition) is 2. The summed E-state index contributed by atoms with van der Waals surface area (Å²) < 4.78 is 34.1. The summed E-state index contributed by atoms with van der Waals surface area (Å²) in [6, 6.07) is 5.68. The van der Waals surface area contributed by atoms with E-state index in [2.05, 4.69) is 10.2 Å². The lowest BCUT2D eigenvalue weighted by Crippen LogP contribution is -2.59. The Labute approximate surface area is 202 Å². The molecule has 0 unspecified atom stereocenters. The number of nitrogens with zero attached hydrogens (tertiary/aromatic N) is 2. The smallest absolute Gasteiger partial charge is 0.247 e. The first-order valence-corrected chi connectivity index (χ1v) is 14.3. The van der Waals surface area contributed by atoms with E-state index in [1.54, 1.807) is 18.2 Å². The summed E-state index contributed by atoms with van der Waals surface area (Å²) in [5.74, 6) is 0.783. The Balaban J connectivity index is 1.37. The average Bonchev–Trinajstić information content (AvgIpc) is 3.24. The number of fused-ring (bicyclic) bond motifs is 2. The van der Waals surface area contributed by atoms with Crippen LogP contribution in [0.4, 0.5) is 0 Å². The summed E-state index contributed by atoms with van der Waals surface area (Å²) in [4.78, 5) is 16.0. The summed E-state index contributed by atoms with van der Waals surface area (Å²) in [6.07, 6.45) is 8.18. The molecule has 1 aromatic carbocycles. The van der Waals surface area contributed by atoms with Gasteiger partial charge in [0.15, 0.2) is 0 Å². The van der Waals surface area contributed by atoms with E-state index in [4.69, 9.17) is 4.74 Å². The Hall–Kier alpha value is -1.68. The molecule has 2 N–H and O–H groups in total. The van der Waals surface area contributed by atoms with E-state index in [0.29, 0.717) is 18.8 Å². The number of benzene rings is 1. The quantitative estimate of drug-likeness (QED) is 0.658. The molecule has 2 atom stereocenters. The minimum absolute atomic E-state index is 0.0557. The molecule has 3 aliphatic heterocycles. The van der Waals surface area contributed by atoms with E-state index in [1.165, 1.54) is 38.2 Å². The van der Waals surface area contributed by atoms with Crippen LogP contribution in [0.25, 0.3) is 0 Å². The molecule has 0 radical (unpaired) electrons. The maximum atomic E-state index is 13.5. The highest BCUT2D eigenvalue weighted by atomic mass is 32.2. The number of aliphatic hydroxyl groups excluding tert-OH is 1. The molecule has 1 aliphatic carbocycles. The predicted molar refractivity (Wildman–Crippen MR) is 128 cm³/mol. The zero-order valence-electron chi connectivity index (χ0n) is 19.8. The minimum atomic E-state index is -3.99. The van der Waals surface area contributed by atoms with Crippen molar-refractivity contribution in [3.05, 3.63) is 24.3 Å². The Morgan fingerprint density at radius 3 is 2.59 bits per heavy atom. The van der Waals surface area contributed by atoms with Crippen LogP contribution in [0.1, 0.15) is 57.8 Å². The number of para-hydroxylation sites is 1. The molecule has 1 saturated carbocycles. The van der Waals surface area contributed by atoms with Crippen LogP contribution in [0.5, 0.6) is 5.75 Å². The maximum absolute atomic E-state index is 13.5. The molecule has 188 valence electrons. The van der Waals surface area contributed by atoms with Crippen LogP contribution in [-0.4, -0.2) is 79.1 Å². The monoisotopic (exact) mass is 491 g/mol. The molecule has 2 saturated heterocycles. The fourth-order valence-corrected chi connectivity index (χ4v) is 8.00. The molecule has 5 rings (SSSR count). The number of aliphatic hydroxyl groups is 1. The molecule has 8 nitrogen and oxygen atoms in total.